The lowest BCUT2D eigenvalue weighted by Crippen LogP contribution is -2.17. The molecular formula is C8H10N2O2S2. The molecule has 1 N–H and O–H groups in total. The SMILES string of the molecule is O=C(O)C(CCCCN=C=S)N=C=S. The molecule has 14 heavy (non-hydrogen) atoms. The number of hydrogen-bond donors (Lipinski definition) is 1. The Morgan fingerprint density at radius 1 is 1.36 bits per heavy atom. The lowest BCUT2D eigenvalue weighted by Gasteiger charge is -2.03. The fourth-order valence-corrected chi connectivity index (χ4v) is 1.10. The summed E-state index contributed by atoms with van der Waals surface area (Å²) in [6, 6.07) is -0.774. The van der Waals surface area contributed by atoms with Gasteiger partial charge in [0, 0.05) is 6.54 Å². The summed E-state index contributed by atoms with van der Waals surface area (Å²) in [6.45, 7) is 0.580. The fourth-order valence-electron chi connectivity index (χ4n) is 0.881. The van der Waals surface area contributed by atoms with Crippen LogP contribution in [0, 0.1) is 0 Å². The summed E-state index contributed by atoms with van der Waals surface area (Å²) in [5, 5.41) is 13.0. The molecule has 0 amide bonds. The van der Waals surface area contributed by atoms with Gasteiger partial charge in [-0.25, -0.2) is 14.8 Å². The lowest BCUT2D eigenvalue weighted by atomic mass is 10.1. The molecule has 0 aromatic heterocycles. The number of carboxylic acid groups (broad SMARTS) is 1. The Balaban J connectivity index is 3.77. The van der Waals surface area contributed by atoms with Crippen LogP contribution < -0.4 is 0 Å². The molecule has 0 aromatic carbocycles. The molecule has 0 aliphatic carbocycles. The van der Waals surface area contributed by atoms with Crippen molar-refractivity contribution in [3.63, 3.8) is 0 Å². The molecule has 0 fully saturated rings. The van der Waals surface area contributed by atoms with Crippen molar-refractivity contribution >= 4 is 40.7 Å². The van der Waals surface area contributed by atoms with Gasteiger partial charge in [0.25, 0.3) is 0 Å². The van der Waals surface area contributed by atoms with Gasteiger partial charge in [-0.3, -0.25) is 0 Å². The lowest BCUT2D eigenvalue weighted by molar-refractivity contribution is -0.138. The van der Waals surface area contributed by atoms with Crippen LogP contribution in [0.2, 0.25) is 0 Å². The van der Waals surface area contributed by atoms with Crippen LogP contribution in [-0.2, 0) is 4.79 Å². The Hall–Kier alpha value is -0.930. The maximum Gasteiger partial charge on any atom is 0.329 e. The summed E-state index contributed by atoms with van der Waals surface area (Å²) in [6.07, 6.45) is 1.95. The highest BCUT2D eigenvalue weighted by molar-refractivity contribution is 7.78. The summed E-state index contributed by atoms with van der Waals surface area (Å²) in [5.74, 6) is -0.972. The first-order valence-corrected chi connectivity index (χ1v) is 4.87. The van der Waals surface area contributed by atoms with Crippen molar-refractivity contribution < 1.29 is 9.90 Å². The van der Waals surface area contributed by atoms with E-state index in [0.29, 0.717) is 13.0 Å². The van der Waals surface area contributed by atoms with E-state index in [4.69, 9.17) is 5.11 Å². The third-order valence-electron chi connectivity index (χ3n) is 1.56. The van der Waals surface area contributed by atoms with Crippen LogP contribution in [0.15, 0.2) is 9.98 Å². The predicted molar refractivity (Wildman–Crippen MR) is 60.2 cm³/mol. The summed E-state index contributed by atoms with van der Waals surface area (Å²) < 4.78 is 0. The molecule has 0 aromatic rings. The highest BCUT2D eigenvalue weighted by Crippen LogP contribution is 2.04. The van der Waals surface area contributed by atoms with Gasteiger partial charge in [-0.2, -0.15) is 0 Å². The minimum absolute atomic E-state index is 0.450. The number of thiocarbonyl (C=S) groups is 2. The largest absolute Gasteiger partial charge is 0.480 e. The number of isothiocyanates is 2. The standard InChI is InChI=1S/C8H10N2O2S2/c11-8(12)7(10-6-14)3-1-2-4-9-5-13/h7H,1-4H2,(H,11,12). The number of rotatable bonds is 7. The Kier molecular flexibility index (Phi) is 8.08. The average Bonchev–Trinajstić information content (AvgIpc) is 2.15. The predicted octanol–water partition coefficient (Wildman–Crippen LogP) is 1.82. The molecule has 0 saturated carbocycles. The number of carboxylic acids is 1. The van der Waals surface area contributed by atoms with Crippen molar-refractivity contribution in [2.75, 3.05) is 6.54 Å². The second kappa shape index (κ2) is 8.66. The molecule has 0 saturated heterocycles. The molecule has 76 valence electrons. The number of aliphatic carboxylic acids is 1. The van der Waals surface area contributed by atoms with Crippen molar-refractivity contribution in [1.29, 1.82) is 0 Å². The van der Waals surface area contributed by atoms with E-state index in [1.54, 1.807) is 0 Å². The highest BCUT2D eigenvalue weighted by atomic mass is 32.1. The smallest absolute Gasteiger partial charge is 0.329 e. The Morgan fingerprint density at radius 2 is 2.07 bits per heavy atom. The molecule has 1 atom stereocenters. The molecular weight excluding hydrogens is 220 g/mol. The van der Waals surface area contributed by atoms with Crippen LogP contribution in [-0.4, -0.2) is 34.0 Å². The third kappa shape index (κ3) is 6.57. The number of nitrogens with zero attached hydrogens (tertiary/aromatic N) is 2. The number of unbranched alkanes of at least 4 members (excludes halogenated alkanes) is 1. The maximum absolute atomic E-state index is 10.6. The molecule has 0 bridgehead atoms. The van der Waals surface area contributed by atoms with Gasteiger partial charge in [-0.15, -0.1) is 0 Å². The molecule has 0 aliphatic rings. The molecule has 1 unspecified atom stereocenters. The first-order valence-electron chi connectivity index (χ1n) is 4.05. The van der Waals surface area contributed by atoms with E-state index in [1.165, 1.54) is 0 Å². The van der Waals surface area contributed by atoms with Crippen LogP contribution in [0.4, 0.5) is 0 Å². The molecule has 0 heterocycles. The average molecular weight is 230 g/mol. The van der Waals surface area contributed by atoms with E-state index < -0.39 is 12.0 Å². The van der Waals surface area contributed by atoms with E-state index in [1.807, 2.05) is 0 Å². The number of hydrogen-bond acceptors (Lipinski definition) is 5. The second-order valence-corrected chi connectivity index (χ2v) is 2.91. The minimum atomic E-state index is -0.972. The number of carbonyl (C=O) groups is 1. The zero-order valence-corrected chi connectivity index (χ0v) is 9.11. The van der Waals surface area contributed by atoms with Gasteiger partial charge in [-0.05, 0) is 43.7 Å². The first kappa shape index (κ1) is 13.1. The zero-order chi connectivity index (χ0) is 10.8. The zero-order valence-electron chi connectivity index (χ0n) is 7.47. The molecule has 0 aliphatic heterocycles. The second-order valence-electron chi connectivity index (χ2n) is 2.54. The fraction of sp³-hybridized carbons (Fsp3) is 0.625. The van der Waals surface area contributed by atoms with Crippen LogP contribution >= 0.6 is 24.4 Å². The summed E-state index contributed by atoms with van der Waals surface area (Å²) in [5.41, 5.74) is 0. The Labute approximate surface area is 92.8 Å². The summed E-state index contributed by atoms with van der Waals surface area (Å²) in [7, 11) is 0. The van der Waals surface area contributed by atoms with Gasteiger partial charge in [-0.1, -0.05) is 0 Å². The first-order chi connectivity index (χ1) is 6.72. The van der Waals surface area contributed by atoms with Crippen molar-refractivity contribution in [3.8, 4) is 0 Å². The van der Waals surface area contributed by atoms with Crippen molar-refractivity contribution in [2.24, 2.45) is 9.98 Å². The normalized spacial score (nSPS) is 10.9. The monoisotopic (exact) mass is 230 g/mol. The summed E-state index contributed by atoms with van der Waals surface area (Å²) in [4.78, 5) is 17.8. The van der Waals surface area contributed by atoms with Gasteiger partial charge in [0.2, 0.25) is 0 Å². The van der Waals surface area contributed by atoms with Crippen molar-refractivity contribution in [1.82, 2.24) is 0 Å². The molecule has 6 heteroatoms. The maximum atomic E-state index is 10.6. The van der Waals surface area contributed by atoms with Crippen LogP contribution in [0.25, 0.3) is 0 Å². The number of aliphatic imine (C=N–C) groups is 2. The molecule has 0 radical (unpaired) electrons. The molecule has 0 spiro atoms. The Bertz CT molecular complexity index is 279. The van der Waals surface area contributed by atoms with Gasteiger partial charge in [0.1, 0.15) is 0 Å². The van der Waals surface area contributed by atoms with E-state index >= 15 is 0 Å². The minimum Gasteiger partial charge on any atom is -0.480 e. The van der Waals surface area contributed by atoms with E-state index in [-0.39, 0.29) is 0 Å². The highest BCUT2D eigenvalue weighted by Gasteiger charge is 2.14. The quantitative estimate of drug-likeness (QED) is 0.411. The van der Waals surface area contributed by atoms with Gasteiger partial charge in [0.05, 0.1) is 10.3 Å². The molecule has 0 rings (SSSR count). The van der Waals surface area contributed by atoms with E-state index in [0.717, 1.165) is 12.8 Å². The van der Waals surface area contributed by atoms with E-state index in [9.17, 15) is 4.79 Å². The third-order valence-corrected chi connectivity index (χ3v) is 1.79. The Morgan fingerprint density at radius 3 is 2.57 bits per heavy atom. The van der Waals surface area contributed by atoms with Crippen LogP contribution in [0.5, 0.6) is 0 Å². The van der Waals surface area contributed by atoms with Gasteiger partial charge < -0.3 is 5.11 Å². The van der Waals surface area contributed by atoms with Gasteiger partial charge in [0.15, 0.2) is 6.04 Å². The van der Waals surface area contributed by atoms with Crippen LogP contribution in [0.1, 0.15) is 19.3 Å². The van der Waals surface area contributed by atoms with E-state index in [2.05, 4.69) is 44.7 Å². The topological polar surface area (TPSA) is 62.0 Å². The van der Waals surface area contributed by atoms with Crippen molar-refractivity contribution in [3.05, 3.63) is 0 Å². The van der Waals surface area contributed by atoms with Crippen molar-refractivity contribution in [2.45, 2.75) is 25.3 Å². The van der Waals surface area contributed by atoms with Gasteiger partial charge >= 0.3 is 5.97 Å². The molecule has 4 nitrogen and oxygen atoms in total. The van der Waals surface area contributed by atoms with Crippen LogP contribution in [0.3, 0.4) is 0 Å². The summed E-state index contributed by atoms with van der Waals surface area (Å²) >= 11 is 8.73.